The van der Waals surface area contributed by atoms with E-state index in [0.29, 0.717) is 5.56 Å². The van der Waals surface area contributed by atoms with Crippen LogP contribution in [0.3, 0.4) is 0 Å². The second-order valence-corrected chi connectivity index (χ2v) is 7.11. The molecule has 4 nitrogen and oxygen atoms in total. The zero-order chi connectivity index (χ0) is 15.8. The van der Waals surface area contributed by atoms with Gasteiger partial charge in [-0.3, -0.25) is 0 Å². The van der Waals surface area contributed by atoms with E-state index >= 15 is 0 Å². The monoisotopic (exact) mass is 322 g/mol. The Kier molecular flexibility index (Phi) is 4.21. The van der Waals surface area contributed by atoms with E-state index in [1.165, 1.54) is 6.07 Å². The van der Waals surface area contributed by atoms with E-state index in [1.54, 1.807) is 19.1 Å². The molecular weight excluding hydrogens is 305 g/mol. The third kappa shape index (κ3) is 3.16. The first-order valence-corrected chi connectivity index (χ1v) is 8.00. The highest BCUT2D eigenvalue weighted by atomic mass is 32.2. The Labute approximate surface area is 121 Å². The van der Waals surface area contributed by atoms with Crippen LogP contribution in [0.1, 0.15) is 18.4 Å². The van der Waals surface area contributed by atoms with Crippen molar-refractivity contribution in [3.8, 4) is 0 Å². The van der Waals surface area contributed by atoms with Gasteiger partial charge in [0.25, 0.3) is 0 Å². The van der Waals surface area contributed by atoms with Crippen LogP contribution in [-0.2, 0) is 10.0 Å². The number of sulfonamides is 1. The number of anilines is 1. The molecule has 0 radical (unpaired) electrons. The van der Waals surface area contributed by atoms with Gasteiger partial charge in [-0.25, -0.2) is 8.42 Å². The van der Waals surface area contributed by atoms with E-state index in [1.807, 2.05) is 0 Å². The predicted octanol–water partition coefficient (Wildman–Crippen LogP) is 2.54. The Bertz CT molecular complexity index is 609. The minimum absolute atomic E-state index is 0.0429. The van der Waals surface area contributed by atoms with Gasteiger partial charge in [-0.1, -0.05) is 12.1 Å². The quantitative estimate of drug-likeness (QED) is 0.851. The summed E-state index contributed by atoms with van der Waals surface area (Å²) in [6.07, 6.45) is -4.24. The maximum atomic E-state index is 12.8. The normalized spacial score (nSPS) is 21.4. The highest BCUT2D eigenvalue weighted by Gasteiger charge is 2.44. The van der Waals surface area contributed by atoms with E-state index < -0.39 is 28.7 Å². The molecule has 1 aromatic carbocycles. The number of halogens is 3. The molecule has 0 aromatic heterocycles. The number of piperidine rings is 1. The molecule has 1 aliphatic rings. The zero-order valence-corrected chi connectivity index (χ0v) is 12.3. The summed E-state index contributed by atoms with van der Waals surface area (Å²) in [6, 6.07) is 4.62. The summed E-state index contributed by atoms with van der Waals surface area (Å²) < 4.78 is 64.5. The average Bonchev–Trinajstić information content (AvgIpc) is 2.37. The third-order valence-electron chi connectivity index (χ3n) is 3.69. The summed E-state index contributed by atoms with van der Waals surface area (Å²) in [5, 5.41) is 0. The van der Waals surface area contributed by atoms with Crippen LogP contribution in [-0.4, -0.2) is 32.0 Å². The molecule has 0 amide bonds. The minimum Gasteiger partial charge on any atom is -0.398 e. The van der Waals surface area contributed by atoms with E-state index in [9.17, 15) is 21.6 Å². The van der Waals surface area contributed by atoms with Gasteiger partial charge in [0.15, 0.2) is 0 Å². The fourth-order valence-electron chi connectivity index (χ4n) is 2.58. The highest BCUT2D eigenvalue weighted by Crippen LogP contribution is 2.36. The molecule has 0 bridgehead atoms. The van der Waals surface area contributed by atoms with Crippen LogP contribution in [0.5, 0.6) is 0 Å². The van der Waals surface area contributed by atoms with Crippen molar-refractivity contribution in [2.75, 3.05) is 18.8 Å². The summed E-state index contributed by atoms with van der Waals surface area (Å²) in [5.41, 5.74) is 6.20. The van der Waals surface area contributed by atoms with Crippen molar-refractivity contribution in [2.45, 2.75) is 30.8 Å². The second-order valence-electron chi connectivity index (χ2n) is 5.24. The van der Waals surface area contributed by atoms with Crippen LogP contribution in [0.25, 0.3) is 0 Å². The largest absolute Gasteiger partial charge is 0.398 e. The lowest BCUT2D eigenvalue weighted by molar-refractivity contribution is -0.182. The smallest absolute Gasteiger partial charge is 0.393 e. The molecule has 21 heavy (non-hydrogen) atoms. The van der Waals surface area contributed by atoms with Crippen LogP contribution in [0.15, 0.2) is 23.1 Å². The molecule has 1 unspecified atom stereocenters. The lowest BCUT2D eigenvalue weighted by Crippen LogP contribution is -2.44. The van der Waals surface area contributed by atoms with Gasteiger partial charge in [0.1, 0.15) is 4.90 Å². The molecule has 0 aliphatic carbocycles. The number of aryl methyl sites for hydroxylation is 1. The topological polar surface area (TPSA) is 63.4 Å². The van der Waals surface area contributed by atoms with E-state index in [4.69, 9.17) is 5.73 Å². The maximum absolute atomic E-state index is 12.8. The summed E-state index contributed by atoms with van der Waals surface area (Å²) in [6.45, 7) is 1.12. The van der Waals surface area contributed by atoms with Crippen LogP contribution in [0.2, 0.25) is 0 Å². The van der Waals surface area contributed by atoms with Gasteiger partial charge in [-0.15, -0.1) is 0 Å². The molecule has 2 N–H and O–H groups in total. The molecule has 0 saturated carbocycles. The summed E-state index contributed by atoms with van der Waals surface area (Å²) in [7, 11) is -4.01. The molecule has 1 heterocycles. The Balaban J connectivity index is 2.36. The van der Waals surface area contributed by atoms with Crippen LogP contribution in [0.4, 0.5) is 18.9 Å². The van der Waals surface area contributed by atoms with Crippen molar-refractivity contribution in [1.29, 1.82) is 0 Å². The lowest BCUT2D eigenvalue weighted by Gasteiger charge is -2.33. The third-order valence-corrected chi connectivity index (χ3v) is 5.77. The van der Waals surface area contributed by atoms with Crippen molar-refractivity contribution >= 4 is 15.7 Å². The number of hydrogen-bond acceptors (Lipinski definition) is 3. The first-order chi connectivity index (χ1) is 9.64. The average molecular weight is 322 g/mol. The Hall–Kier alpha value is -1.28. The van der Waals surface area contributed by atoms with Gasteiger partial charge in [0, 0.05) is 13.1 Å². The number of nitrogen functional groups attached to an aromatic ring is 1. The van der Waals surface area contributed by atoms with E-state index in [0.717, 1.165) is 4.31 Å². The fraction of sp³-hybridized carbons (Fsp3) is 0.538. The summed E-state index contributed by atoms with van der Waals surface area (Å²) >= 11 is 0. The number of alkyl halides is 3. The van der Waals surface area contributed by atoms with Crippen molar-refractivity contribution < 1.29 is 21.6 Å². The van der Waals surface area contributed by atoms with Crippen LogP contribution < -0.4 is 5.73 Å². The van der Waals surface area contributed by atoms with Gasteiger partial charge in [-0.05, 0) is 31.4 Å². The fourth-order valence-corrected chi connectivity index (χ4v) is 4.43. The second kappa shape index (κ2) is 5.49. The predicted molar refractivity (Wildman–Crippen MR) is 73.1 cm³/mol. The van der Waals surface area contributed by atoms with Gasteiger partial charge < -0.3 is 5.73 Å². The van der Waals surface area contributed by atoms with Crippen LogP contribution in [0, 0.1) is 12.8 Å². The van der Waals surface area contributed by atoms with Crippen molar-refractivity contribution in [3.63, 3.8) is 0 Å². The number of rotatable bonds is 2. The molecule has 118 valence electrons. The van der Waals surface area contributed by atoms with Crippen molar-refractivity contribution in [1.82, 2.24) is 4.31 Å². The van der Waals surface area contributed by atoms with Crippen molar-refractivity contribution in [2.24, 2.45) is 5.92 Å². The number of nitrogens with two attached hydrogens (primary N) is 1. The van der Waals surface area contributed by atoms with Gasteiger partial charge in [0.05, 0.1) is 11.6 Å². The molecule has 1 aliphatic heterocycles. The molecule has 1 fully saturated rings. The van der Waals surface area contributed by atoms with Gasteiger partial charge >= 0.3 is 6.18 Å². The molecule has 1 aromatic rings. The Morgan fingerprint density at radius 3 is 2.57 bits per heavy atom. The van der Waals surface area contributed by atoms with Gasteiger partial charge in [0.2, 0.25) is 10.0 Å². The number of benzene rings is 1. The standard InChI is InChI=1S/C13H17F3N2O2S/c1-9-4-2-6-11(17)12(9)21(19,20)18-7-3-5-10(8-18)13(14,15)16/h2,4,6,10H,3,5,7-8,17H2,1H3. The van der Waals surface area contributed by atoms with Crippen LogP contribution >= 0.6 is 0 Å². The van der Waals surface area contributed by atoms with Crippen molar-refractivity contribution in [3.05, 3.63) is 23.8 Å². The number of hydrogen-bond donors (Lipinski definition) is 1. The zero-order valence-electron chi connectivity index (χ0n) is 11.5. The molecule has 8 heteroatoms. The first-order valence-electron chi connectivity index (χ1n) is 6.56. The SMILES string of the molecule is Cc1cccc(N)c1S(=O)(=O)N1CCCC(C(F)(F)F)C1. The molecular formula is C13H17F3N2O2S. The lowest BCUT2D eigenvalue weighted by atomic mass is 9.99. The van der Waals surface area contributed by atoms with E-state index in [2.05, 4.69) is 0 Å². The molecule has 1 atom stereocenters. The summed E-state index contributed by atoms with van der Waals surface area (Å²) in [4.78, 5) is -0.0900. The van der Waals surface area contributed by atoms with Gasteiger partial charge in [-0.2, -0.15) is 17.5 Å². The highest BCUT2D eigenvalue weighted by molar-refractivity contribution is 7.89. The Morgan fingerprint density at radius 2 is 2.00 bits per heavy atom. The van der Waals surface area contributed by atoms with E-state index in [-0.39, 0.29) is 30.0 Å². The number of nitrogens with zero attached hydrogens (tertiary/aromatic N) is 1. The first kappa shape index (κ1) is 16.1. The molecule has 0 spiro atoms. The minimum atomic E-state index is -4.38. The maximum Gasteiger partial charge on any atom is 0.393 e. The Morgan fingerprint density at radius 1 is 1.33 bits per heavy atom. The molecule has 2 rings (SSSR count). The summed E-state index contributed by atoms with van der Waals surface area (Å²) in [5.74, 6) is -1.62. The molecule has 1 saturated heterocycles.